The lowest BCUT2D eigenvalue weighted by molar-refractivity contribution is -0.138. The van der Waals surface area contributed by atoms with Gasteiger partial charge in [-0.2, -0.15) is 0 Å². The quantitative estimate of drug-likeness (QED) is 0.476. The number of ether oxygens (including phenoxy) is 1. The Hall–Kier alpha value is -2.63. The molecule has 0 aliphatic carbocycles. The van der Waals surface area contributed by atoms with Gasteiger partial charge in [0.2, 0.25) is 11.8 Å². The van der Waals surface area contributed by atoms with Crippen LogP contribution in [0.2, 0.25) is 0 Å². The standard InChI is InChI=1S/C16H20N2O4/c1-5-10-17-14(20)16(2,3)15(21)18-12-8-6-11(7-9-12)13(19)22-4/h5-9H,1,10H2,2-4H3,(H,17,20)(H,18,21). The van der Waals surface area contributed by atoms with Crippen LogP contribution in [0.5, 0.6) is 0 Å². The van der Waals surface area contributed by atoms with Crippen LogP contribution < -0.4 is 10.6 Å². The normalized spacial score (nSPS) is 10.5. The highest BCUT2D eigenvalue weighted by Gasteiger charge is 2.35. The Kier molecular flexibility index (Phi) is 5.86. The lowest BCUT2D eigenvalue weighted by Crippen LogP contribution is -2.45. The Morgan fingerprint density at radius 3 is 2.27 bits per heavy atom. The van der Waals surface area contributed by atoms with Crippen molar-refractivity contribution < 1.29 is 19.1 Å². The molecule has 0 saturated heterocycles. The zero-order chi connectivity index (χ0) is 16.8. The highest BCUT2D eigenvalue weighted by Crippen LogP contribution is 2.19. The van der Waals surface area contributed by atoms with Gasteiger partial charge in [-0.15, -0.1) is 6.58 Å². The first kappa shape index (κ1) is 17.4. The van der Waals surface area contributed by atoms with E-state index >= 15 is 0 Å². The predicted octanol–water partition coefficient (Wildman–Crippen LogP) is 1.74. The Balaban J connectivity index is 2.77. The van der Waals surface area contributed by atoms with Crippen molar-refractivity contribution in [3.8, 4) is 0 Å². The van der Waals surface area contributed by atoms with Crippen molar-refractivity contribution in [1.29, 1.82) is 0 Å². The minimum atomic E-state index is -1.23. The summed E-state index contributed by atoms with van der Waals surface area (Å²) in [7, 11) is 1.29. The van der Waals surface area contributed by atoms with Crippen LogP contribution in [-0.4, -0.2) is 31.4 Å². The zero-order valence-electron chi connectivity index (χ0n) is 12.9. The maximum absolute atomic E-state index is 12.2. The van der Waals surface area contributed by atoms with Crippen molar-refractivity contribution in [2.45, 2.75) is 13.8 Å². The van der Waals surface area contributed by atoms with E-state index in [0.717, 1.165) is 0 Å². The van der Waals surface area contributed by atoms with Gasteiger partial charge in [0.05, 0.1) is 12.7 Å². The number of esters is 1. The molecule has 0 bridgehead atoms. The molecule has 6 heteroatoms. The number of amides is 2. The molecular formula is C16H20N2O4. The van der Waals surface area contributed by atoms with Crippen LogP contribution in [0, 0.1) is 5.41 Å². The topological polar surface area (TPSA) is 84.5 Å². The monoisotopic (exact) mass is 304 g/mol. The van der Waals surface area contributed by atoms with Crippen molar-refractivity contribution in [1.82, 2.24) is 5.32 Å². The van der Waals surface area contributed by atoms with E-state index in [1.165, 1.54) is 39.2 Å². The lowest BCUT2D eigenvalue weighted by Gasteiger charge is -2.22. The Labute approximate surface area is 129 Å². The molecule has 1 aromatic rings. The van der Waals surface area contributed by atoms with Gasteiger partial charge in [-0.05, 0) is 38.1 Å². The highest BCUT2D eigenvalue weighted by atomic mass is 16.5. The number of benzene rings is 1. The summed E-state index contributed by atoms with van der Waals surface area (Å²) < 4.78 is 4.59. The third-order valence-electron chi connectivity index (χ3n) is 3.11. The summed E-state index contributed by atoms with van der Waals surface area (Å²) in [6.45, 7) is 6.86. The molecule has 2 amide bonds. The van der Waals surface area contributed by atoms with E-state index in [1.54, 1.807) is 12.1 Å². The van der Waals surface area contributed by atoms with Crippen LogP contribution in [0.25, 0.3) is 0 Å². The number of methoxy groups -OCH3 is 1. The fraction of sp³-hybridized carbons (Fsp3) is 0.312. The molecule has 0 spiro atoms. The second kappa shape index (κ2) is 7.40. The largest absolute Gasteiger partial charge is 0.465 e. The van der Waals surface area contributed by atoms with Crippen molar-refractivity contribution in [2.75, 3.05) is 19.0 Å². The summed E-state index contributed by atoms with van der Waals surface area (Å²) in [5, 5.41) is 5.24. The zero-order valence-corrected chi connectivity index (χ0v) is 12.9. The molecular weight excluding hydrogens is 284 g/mol. The van der Waals surface area contributed by atoms with E-state index in [0.29, 0.717) is 17.8 Å². The van der Waals surface area contributed by atoms with E-state index < -0.39 is 23.2 Å². The molecule has 0 aromatic heterocycles. The first-order valence-electron chi connectivity index (χ1n) is 6.72. The van der Waals surface area contributed by atoms with Crippen LogP contribution in [0.1, 0.15) is 24.2 Å². The fourth-order valence-corrected chi connectivity index (χ4v) is 1.58. The Morgan fingerprint density at radius 1 is 1.18 bits per heavy atom. The minimum Gasteiger partial charge on any atom is -0.465 e. The molecule has 0 unspecified atom stereocenters. The molecule has 22 heavy (non-hydrogen) atoms. The van der Waals surface area contributed by atoms with Crippen molar-refractivity contribution in [3.63, 3.8) is 0 Å². The molecule has 1 aromatic carbocycles. The Bertz CT molecular complexity index is 576. The smallest absolute Gasteiger partial charge is 0.337 e. The van der Waals surface area contributed by atoms with Gasteiger partial charge in [0.25, 0.3) is 0 Å². The van der Waals surface area contributed by atoms with Gasteiger partial charge < -0.3 is 15.4 Å². The summed E-state index contributed by atoms with van der Waals surface area (Å²) in [5.41, 5.74) is -0.366. The SMILES string of the molecule is C=CCNC(=O)C(C)(C)C(=O)Nc1ccc(C(=O)OC)cc1. The second-order valence-electron chi connectivity index (χ2n) is 5.15. The summed E-state index contributed by atoms with van der Waals surface area (Å²) in [6, 6.07) is 6.21. The Morgan fingerprint density at radius 2 is 1.77 bits per heavy atom. The average Bonchev–Trinajstić information content (AvgIpc) is 2.52. The number of nitrogens with one attached hydrogen (secondary N) is 2. The molecule has 0 atom stereocenters. The van der Waals surface area contributed by atoms with E-state index in [9.17, 15) is 14.4 Å². The van der Waals surface area contributed by atoms with Crippen molar-refractivity contribution >= 4 is 23.5 Å². The maximum Gasteiger partial charge on any atom is 0.337 e. The van der Waals surface area contributed by atoms with Crippen LogP contribution in [0.4, 0.5) is 5.69 Å². The van der Waals surface area contributed by atoms with Crippen LogP contribution in [0.3, 0.4) is 0 Å². The van der Waals surface area contributed by atoms with Crippen molar-refractivity contribution in [2.24, 2.45) is 5.41 Å². The highest BCUT2D eigenvalue weighted by molar-refractivity contribution is 6.10. The number of hydrogen-bond donors (Lipinski definition) is 2. The number of hydrogen-bond acceptors (Lipinski definition) is 4. The molecule has 118 valence electrons. The molecule has 0 heterocycles. The summed E-state index contributed by atoms with van der Waals surface area (Å²) in [4.78, 5) is 35.5. The van der Waals surface area contributed by atoms with Gasteiger partial charge in [0.15, 0.2) is 0 Å². The molecule has 0 aliphatic heterocycles. The van der Waals surface area contributed by atoms with Gasteiger partial charge in [0.1, 0.15) is 5.41 Å². The van der Waals surface area contributed by atoms with Crippen LogP contribution in [0.15, 0.2) is 36.9 Å². The molecule has 6 nitrogen and oxygen atoms in total. The van der Waals surface area contributed by atoms with Gasteiger partial charge in [0, 0.05) is 12.2 Å². The van der Waals surface area contributed by atoms with Crippen LogP contribution in [-0.2, 0) is 14.3 Å². The number of carbonyl (C=O) groups is 3. The summed E-state index contributed by atoms with van der Waals surface area (Å²) in [5.74, 6) is -1.29. The molecule has 0 aliphatic rings. The minimum absolute atomic E-state index is 0.295. The van der Waals surface area contributed by atoms with E-state index in [-0.39, 0.29) is 0 Å². The molecule has 0 fully saturated rings. The molecule has 0 saturated carbocycles. The van der Waals surface area contributed by atoms with Gasteiger partial charge in [-0.3, -0.25) is 9.59 Å². The van der Waals surface area contributed by atoms with Crippen molar-refractivity contribution in [3.05, 3.63) is 42.5 Å². The average molecular weight is 304 g/mol. The van der Waals surface area contributed by atoms with Gasteiger partial charge in [-0.1, -0.05) is 6.08 Å². The molecule has 0 radical (unpaired) electrons. The first-order valence-corrected chi connectivity index (χ1v) is 6.72. The lowest BCUT2D eigenvalue weighted by atomic mass is 9.91. The van der Waals surface area contributed by atoms with E-state index in [4.69, 9.17) is 0 Å². The fourth-order valence-electron chi connectivity index (χ4n) is 1.58. The summed E-state index contributed by atoms with van der Waals surface area (Å²) in [6.07, 6.45) is 1.54. The number of rotatable bonds is 6. The third kappa shape index (κ3) is 4.18. The van der Waals surface area contributed by atoms with Gasteiger partial charge in [-0.25, -0.2) is 4.79 Å². The predicted molar refractivity (Wildman–Crippen MR) is 83.4 cm³/mol. The second-order valence-corrected chi connectivity index (χ2v) is 5.15. The van der Waals surface area contributed by atoms with Crippen LogP contribution >= 0.6 is 0 Å². The summed E-state index contributed by atoms with van der Waals surface area (Å²) >= 11 is 0. The number of anilines is 1. The van der Waals surface area contributed by atoms with E-state index in [1.807, 2.05) is 0 Å². The van der Waals surface area contributed by atoms with E-state index in [2.05, 4.69) is 21.9 Å². The molecule has 2 N–H and O–H groups in total. The molecule has 1 rings (SSSR count). The van der Waals surface area contributed by atoms with Gasteiger partial charge >= 0.3 is 5.97 Å². The third-order valence-corrected chi connectivity index (χ3v) is 3.11. The first-order chi connectivity index (χ1) is 10.3. The number of carbonyl (C=O) groups excluding carboxylic acids is 3. The maximum atomic E-state index is 12.2.